The fourth-order valence-electron chi connectivity index (χ4n) is 1.31. The predicted molar refractivity (Wildman–Crippen MR) is 77.6 cm³/mol. The molecule has 6 heteroatoms. The van der Waals surface area contributed by atoms with Gasteiger partial charge >= 0.3 is 0 Å². The highest BCUT2D eigenvalue weighted by atomic mass is 79.9. The second-order valence-electron chi connectivity index (χ2n) is 3.86. The van der Waals surface area contributed by atoms with Gasteiger partial charge in [-0.3, -0.25) is 5.73 Å². The minimum absolute atomic E-state index is 0.156. The summed E-state index contributed by atoms with van der Waals surface area (Å²) in [6.07, 6.45) is 1.65. The zero-order valence-electron chi connectivity index (χ0n) is 10.0. The third kappa shape index (κ3) is 4.24. The fraction of sp³-hybridized carbons (Fsp3) is 0.333. The van der Waals surface area contributed by atoms with Crippen LogP contribution in [0.4, 0.5) is 4.39 Å². The molecule has 0 aromatic heterocycles. The molecule has 1 atom stereocenters. The van der Waals surface area contributed by atoms with E-state index in [0.29, 0.717) is 5.02 Å². The maximum Gasteiger partial charge on any atom is 0.232 e. The molecule has 100 valence electrons. The molecule has 0 aliphatic rings. The number of alkyl halides is 1. The maximum absolute atomic E-state index is 13.5. The van der Waals surface area contributed by atoms with E-state index in [1.807, 2.05) is 6.07 Å². The van der Waals surface area contributed by atoms with Gasteiger partial charge < -0.3 is 11.1 Å². The van der Waals surface area contributed by atoms with E-state index in [1.54, 1.807) is 19.1 Å². The van der Waals surface area contributed by atoms with E-state index < -0.39 is 5.92 Å². The van der Waals surface area contributed by atoms with Crippen molar-refractivity contribution in [1.82, 2.24) is 5.32 Å². The van der Waals surface area contributed by atoms with Gasteiger partial charge in [0.15, 0.2) is 0 Å². The lowest BCUT2D eigenvalue weighted by Gasteiger charge is -2.19. The SMILES string of the molecule is CCC(N)(F)N/C=C(\CN)c1ccc(Cl)cc1Br. The molecule has 1 aromatic carbocycles. The second-order valence-corrected chi connectivity index (χ2v) is 5.15. The van der Waals surface area contributed by atoms with Crippen LogP contribution < -0.4 is 16.8 Å². The van der Waals surface area contributed by atoms with Crippen LogP contribution in [0, 0.1) is 0 Å². The van der Waals surface area contributed by atoms with E-state index in [0.717, 1.165) is 15.6 Å². The summed E-state index contributed by atoms with van der Waals surface area (Å²) in [6.45, 7) is 1.91. The van der Waals surface area contributed by atoms with Crippen molar-refractivity contribution in [2.24, 2.45) is 11.5 Å². The Morgan fingerprint density at radius 1 is 1.61 bits per heavy atom. The van der Waals surface area contributed by atoms with Crippen molar-refractivity contribution in [3.8, 4) is 0 Å². The Labute approximate surface area is 119 Å². The standard InChI is InChI=1S/C12H16BrClFN3/c1-2-12(15,17)18-7-8(6-16)10-4-3-9(14)5-11(10)13/h3-5,7,18H,2,6,16-17H2,1H3/b8-7+. The molecule has 0 spiro atoms. The molecule has 1 rings (SSSR count). The molecule has 0 saturated carbocycles. The fourth-order valence-corrected chi connectivity index (χ4v) is 2.24. The molecule has 3 nitrogen and oxygen atoms in total. The molecule has 0 aliphatic carbocycles. The second kappa shape index (κ2) is 6.52. The average Bonchev–Trinajstić information content (AvgIpc) is 2.32. The van der Waals surface area contributed by atoms with Gasteiger partial charge in [0.05, 0.1) is 0 Å². The molecule has 18 heavy (non-hydrogen) atoms. The summed E-state index contributed by atoms with van der Waals surface area (Å²) in [7, 11) is 0. The van der Waals surface area contributed by atoms with Crippen LogP contribution >= 0.6 is 27.5 Å². The Morgan fingerprint density at radius 2 is 2.28 bits per heavy atom. The van der Waals surface area contributed by atoms with E-state index in [9.17, 15) is 4.39 Å². The summed E-state index contributed by atoms with van der Waals surface area (Å²) < 4.78 is 14.3. The molecule has 0 amide bonds. The highest BCUT2D eigenvalue weighted by Crippen LogP contribution is 2.26. The number of nitrogens with one attached hydrogen (secondary N) is 1. The molecule has 0 fully saturated rings. The normalized spacial score (nSPS) is 15.3. The zero-order valence-corrected chi connectivity index (χ0v) is 12.4. The van der Waals surface area contributed by atoms with Crippen LogP contribution in [-0.4, -0.2) is 12.5 Å². The minimum atomic E-state index is -1.93. The van der Waals surface area contributed by atoms with Crippen LogP contribution in [0.2, 0.25) is 5.02 Å². The van der Waals surface area contributed by atoms with E-state index in [-0.39, 0.29) is 13.0 Å². The first-order chi connectivity index (χ1) is 8.39. The Kier molecular flexibility index (Phi) is 5.59. The number of hydrogen-bond donors (Lipinski definition) is 3. The lowest BCUT2D eigenvalue weighted by molar-refractivity contribution is 0.138. The van der Waals surface area contributed by atoms with Gasteiger partial charge in [0.25, 0.3) is 0 Å². The van der Waals surface area contributed by atoms with Crippen molar-refractivity contribution in [2.75, 3.05) is 6.54 Å². The lowest BCUT2D eigenvalue weighted by Crippen LogP contribution is -2.46. The highest BCUT2D eigenvalue weighted by Gasteiger charge is 2.18. The maximum atomic E-state index is 13.5. The summed E-state index contributed by atoms with van der Waals surface area (Å²) in [5.74, 6) is -1.93. The molecule has 0 heterocycles. The number of hydrogen-bond acceptors (Lipinski definition) is 3. The monoisotopic (exact) mass is 335 g/mol. The van der Waals surface area contributed by atoms with Crippen LogP contribution in [0.1, 0.15) is 18.9 Å². The number of halogens is 3. The van der Waals surface area contributed by atoms with Crippen molar-refractivity contribution in [2.45, 2.75) is 19.3 Å². The predicted octanol–water partition coefficient (Wildman–Crippen LogP) is 2.98. The first-order valence-electron chi connectivity index (χ1n) is 5.49. The van der Waals surface area contributed by atoms with E-state index in [1.165, 1.54) is 6.20 Å². The zero-order chi connectivity index (χ0) is 13.8. The summed E-state index contributed by atoms with van der Waals surface area (Å²) in [6, 6.07) is 5.32. The van der Waals surface area contributed by atoms with Crippen LogP contribution in [0.25, 0.3) is 5.57 Å². The molecule has 0 aliphatic heterocycles. The Morgan fingerprint density at radius 3 is 2.78 bits per heavy atom. The largest absolute Gasteiger partial charge is 0.347 e. The van der Waals surface area contributed by atoms with Gasteiger partial charge in [0, 0.05) is 28.7 Å². The third-order valence-corrected chi connectivity index (χ3v) is 3.39. The van der Waals surface area contributed by atoms with E-state index in [4.69, 9.17) is 23.1 Å². The molecule has 0 radical (unpaired) electrons. The van der Waals surface area contributed by atoms with Crippen molar-refractivity contribution in [3.05, 3.63) is 39.5 Å². The van der Waals surface area contributed by atoms with E-state index in [2.05, 4.69) is 21.2 Å². The van der Waals surface area contributed by atoms with Crippen molar-refractivity contribution >= 4 is 33.1 Å². The lowest BCUT2D eigenvalue weighted by atomic mass is 10.1. The van der Waals surface area contributed by atoms with Gasteiger partial charge in [-0.2, -0.15) is 0 Å². The third-order valence-electron chi connectivity index (χ3n) is 2.50. The van der Waals surface area contributed by atoms with Crippen LogP contribution in [0.15, 0.2) is 28.9 Å². The summed E-state index contributed by atoms with van der Waals surface area (Å²) in [5, 5.41) is 3.13. The smallest absolute Gasteiger partial charge is 0.232 e. The molecule has 1 unspecified atom stereocenters. The number of nitrogens with two attached hydrogens (primary N) is 2. The van der Waals surface area contributed by atoms with Crippen molar-refractivity contribution in [1.29, 1.82) is 0 Å². The van der Waals surface area contributed by atoms with Crippen molar-refractivity contribution < 1.29 is 4.39 Å². The first kappa shape index (κ1) is 15.4. The molecular formula is C12H16BrClFN3. The molecular weight excluding hydrogens is 321 g/mol. The number of benzene rings is 1. The highest BCUT2D eigenvalue weighted by molar-refractivity contribution is 9.10. The Balaban J connectivity index is 2.99. The van der Waals surface area contributed by atoms with Gasteiger partial charge in [0.2, 0.25) is 5.92 Å². The topological polar surface area (TPSA) is 64.1 Å². The number of rotatable bonds is 5. The van der Waals surface area contributed by atoms with Gasteiger partial charge in [0.1, 0.15) is 0 Å². The minimum Gasteiger partial charge on any atom is -0.347 e. The van der Waals surface area contributed by atoms with Crippen LogP contribution in [0.3, 0.4) is 0 Å². The van der Waals surface area contributed by atoms with Gasteiger partial charge in [-0.15, -0.1) is 0 Å². The van der Waals surface area contributed by atoms with Gasteiger partial charge in [-0.1, -0.05) is 40.5 Å². The van der Waals surface area contributed by atoms with Crippen molar-refractivity contribution in [3.63, 3.8) is 0 Å². The van der Waals surface area contributed by atoms with Gasteiger partial charge in [-0.25, -0.2) is 4.39 Å². The first-order valence-corrected chi connectivity index (χ1v) is 6.66. The average molecular weight is 337 g/mol. The molecule has 0 saturated heterocycles. The van der Waals surface area contributed by atoms with Gasteiger partial charge in [-0.05, 0) is 23.3 Å². The summed E-state index contributed by atoms with van der Waals surface area (Å²) in [5.41, 5.74) is 12.6. The summed E-state index contributed by atoms with van der Waals surface area (Å²) in [4.78, 5) is 0. The molecule has 1 aromatic rings. The molecule has 5 N–H and O–H groups in total. The quantitative estimate of drug-likeness (QED) is 0.572. The molecule has 0 bridgehead atoms. The van der Waals surface area contributed by atoms with Crippen LogP contribution in [-0.2, 0) is 0 Å². The Bertz CT molecular complexity index is 449. The Hall–Kier alpha value is -0.620. The van der Waals surface area contributed by atoms with E-state index >= 15 is 0 Å². The van der Waals surface area contributed by atoms with Crippen LogP contribution in [0.5, 0.6) is 0 Å². The summed E-state index contributed by atoms with van der Waals surface area (Å²) >= 11 is 9.25.